The number of nitrogens with one attached hydrogen (secondary N) is 2. The highest BCUT2D eigenvalue weighted by Crippen LogP contribution is 2.19. The number of anilines is 2. The first-order valence-electron chi connectivity index (χ1n) is 7.27. The lowest BCUT2D eigenvalue weighted by Crippen LogP contribution is -2.27. The van der Waals surface area contributed by atoms with Crippen molar-refractivity contribution in [3.8, 4) is 5.75 Å². The minimum absolute atomic E-state index is 0.117. The number of aromatic hydroxyl groups is 1. The Bertz CT molecular complexity index is 716. The van der Waals surface area contributed by atoms with E-state index in [1.165, 1.54) is 12.1 Å². The largest absolute Gasteiger partial charge is 0.508 e. The molecule has 0 aliphatic rings. The number of benzene rings is 2. The lowest BCUT2D eigenvalue weighted by atomic mass is 9.95. The third kappa shape index (κ3) is 4.57. The van der Waals surface area contributed by atoms with Gasteiger partial charge in [0, 0.05) is 22.4 Å². The summed E-state index contributed by atoms with van der Waals surface area (Å²) in [6.45, 7) is 5.47. The summed E-state index contributed by atoms with van der Waals surface area (Å²) in [5.41, 5.74) is 1.08. The fourth-order valence-corrected chi connectivity index (χ4v) is 1.80. The molecule has 120 valence electrons. The molecule has 23 heavy (non-hydrogen) atoms. The van der Waals surface area contributed by atoms with Crippen LogP contribution in [0.1, 0.15) is 31.1 Å². The number of phenolic OH excluding ortho intramolecular Hbond substituents is 1. The molecule has 0 bridgehead atoms. The topological polar surface area (TPSA) is 78.4 Å². The number of amides is 2. The SMILES string of the molecule is CC(C)(C)C(=O)Nc1cccc(C(=O)Nc2ccc(O)cc2)c1. The van der Waals surface area contributed by atoms with E-state index in [0.29, 0.717) is 16.9 Å². The van der Waals surface area contributed by atoms with Crippen molar-refractivity contribution in [1.82, 2.24) is 0 Å². The second-order valence-corrected chi connectivity index (χ2v) is 6.29. The Balaban J connectivity index is 2.11. The molecule has 0 spiro atoms. The smallest absolute Gasteiger partial charge is 0.255 e. The highest BCUT2D eigenvalue weighted by atomic mass is 16.3. The zero-order valence-corrected chi connectivity index (χ0v) is 13.4. The van der Waals surface area contributed by atoms with Gasteiger partial charge in [-0.05, 0) is 42.5 Å². The minimum atomic E-state index is -0.510. The van der Waals surface area contributed by atoms with Crippen molar-refractivity contribution in [3.63, 3.8) is 0 Å². The Labute approximate surface area is 135 Å². The third-order valence-corrected chi connectivity index (χ3v) is 3.19. The summed E-state index contributed by atoms with van der Waals surface area (Å²) in [7, 11) is 0. The Kier molecular flexibility index (Phi) is 4.69. The van der Waals surface area contributed by atoms with Gasteiger partial charge < -0.3 is 15.7 Å². The maximum atomic E-state index is 12.2. The molecular weight excluding hydrogens is 292 g/mol. The van der Waals surface area contributed by atoms with E-state index in [1.807, 2.05) is 20.8 Å². The molecule has 0 aliphatic carbocycles. The summed E-state index contributed by atoms with van der Waals surface area (Å²) in [5.74, 6) is -0.272. The van der Waals surface area contributed by atoms with Crippen LogP contribution in [0.25, 0.3) is 0 Å². The Morgan fingerprint density at radius 3 is 2.17 bits per heavy atom. The average Bonchev–Trinajstić information content (AvgIpc) is 2.49. The van der Waals surface area contributed by atoms with Crippen LogP contribution in [0, 0.1) is 5.41 Å². The molecule has 2 aromatic rings. The number of phenols is 1. The summed E-state index contributed by atoms with van der Waals surface area (Å²) >= 11 is 0. The average molecular weight is 312 g/mol. The van der Waals surface area contributed by atoms with E-state index >= 15 is 0 Å². The predicted molar refractivity (Wildman–Crippen MR) is 90.6 cm³/mol. The number of hydrogen-bond donors (Lipinski definition) is 3. The summed E-state index contributed by atoms with van der Waals surface area (Å²) in [5, 5.41) is 14.8. The maximum Gasteiger partial charge on any atom is 0.255 e. The van der Waals surface area contributed by atoms with E-state index in [4.69, 9.17) is 0 Å². The highest BCUT2D eigenvalue weighted by molar-refractivity contribution is 6.05. The fraction of sp³-hybridized carbons (Fsp3) is 0.222. The first-order valence-corrected chi connectivity index (χ1v) is 7.27. The van der Waals surface area contributed by atoms with Gasteiger partial charge in [0.05, 0.1) is 0 Å². The van der Waals surface area contributed by atoms with Crippen molar-refractivity contribution in [3.05, 3.63) is 54.1 Å². The van der Waals surface area contributed by atoms with E-state index in [-0.39, 0.29) is 17.6 Å². The zero-order valence-electron chi connectivity index (χ0n) is 13.4. The van der Waals surface area contributed by atoms with Crippen LogP contribution in [-0.2, 0) is 4.79 Å². The van der Waals surface area contributed by atoms with Gasteiger partial charge in [0.1, 0.15) is 5.75 Å². The van der Waals surface area contributed by atoms with Crippen LogP contribution in [0.3, 0.4) is 0 Å². The number of carbonyl (C=O) groups excluding carboxylic acids is 2. The Hall–Kier alpha value is -2.82. The molecule has 0 atom stereocenters. The third-order valence-electron chi connectivity index (χ3n) is 3.19. The van der Waals surface area contributed by atoms with E-state index in [0.717, 1.165) is 0 Å². The molecule has 0 radical (unpaired) electrons. The quantitative estimate of drug-likeness (QED) is 0.757. The highest BCUT2D eigenvalue weighted by Gasteiger charge is 2.21. The van der Waals surface area contributed by atoms with Crippen molar-refractivity contribution in [2.75, 3.05) is 10.6 Å². The summed E-state index contributed by atoms with van der Waals surface area (Å²) in [6.07, 6.45) is 0. The van der Waals surface area contributed by atoms with Crippen LogP contribution >= 0.6 is 0 Å². The normalized spacial score (nSPS) is 10.9. The van der Waals surface area contributed by atoms with Gasteiger partial charge in [-0.3, -0.25) is 9.59 Å². The van der Waals surface area contributed by atoms with E-state index in [2.05, 4.69) is 10.6 Å². The van der Waals surface area contributed by atoms with E-state index in [9.17, 15) is 14.7 Å². The van der Waals surface area contributed by atoms with Crippen molar-refractivity contribution in [2.24, 2.45) is 5.41 Å². The standard InChI is InChI=1S/C18H20N2O3/c1-18(2,3)17(23)20-14-6-4-5-12(11-14)16(22)19-13-7-9-15(21)10-8-13/h4-11,21H,1-3H3,(H,19,22)(H,20,23). The van der Waals surface area contributed by atoms with E-state index < -0.39 is 5.41 Å². The first kappa shape index (κ1) is 16.5. The van der Waals surface area contributed by atoms with Gasteiger partial charge in [-0.15, -0.1) is 0 Å². The fourth-order valence-electron chi connectivity index (χ4n) is 1.80. The van der Waals surface area contributed by atoms with Crippen LogP contribution in [0.4, 0.5) is 11.4 Å². The molecule has 5 heteroatoms. The van der Waals surface area contributed by atoms with Crippen LogP contribution < -0.4 is 10.6 Å². The van der Waals surface area contributed by atoms with Gasteiger partial charge in [-0.2, -0.15) is 0 Å². The molecule has 2 amide bonds. The first-order chi connectivity index (χ1) is 10.8. The molecule has 5 nitrogen and oxygen atoms in total. The number of rotatable bonds is 3. The molecular formula is C18H20N2O3. The molecule has 2 aromatic carbocycles. The maximum absolute atomic E-state index is 12.2. The van der Waals surface area contributed by atoms with Crippen molar-refractivity contribution in [1.29, 1.82) is 0 Å². The molecule has 0 unspecified atom stereocenters. The molecule has 2 rings (SSSR count). The van der Waals surface area contributed by atoms with Crippen LogP contribution in [0.2, 0.25) is 0 Å². The van der Waals surface area contributed by atoms with Crippen molar-refractivity contribution in [2.45, 2.75) is 20.8 Å². The Morgan fingerprint density at radius 2 is 1.57 bits per heavy atom. The van der Waals surface area contributed by atoms with E-state index in [1.54, 1.807) is 36.4 Å². The van der Waals surface area contributed by atoms with Gasteiger partial charge in [0.2, 0.25) is 5.91 Å². The predicted octanol–water partition coefficient (Wildman–Crippen LogP) is 3.63. The lowest BCUT2D eigenvalue weighted by Gasteiger charge is -2.18. The van der Waals surface area contributed by atoms with Gasteiger partial charge in [0.25, 0.3) is 5.91 Å². The molecule has 0 aliphatic heterocycles. The molecule has 0 saturated heterocycles. The summed E-state index contributed by atoms with van der Waals surface area (Å²) < 4.78 is 0. The molecule has 0 saturated carbocycles. The zero-order chi connectivity index (χ0) is 17.0. The van der Waals surface area contributed by atoms with Gasteiger partial charge in [-0.1, -0.05) is 26.8 Å². The minimum Gasteiger partial charge on any atom is -0.508 e. The van der Waals surface area contributed by atoms with Crippen molar-refractivity contribution >= 4 is 23.2 Å². The summed E-state index contributed by atoms with van der Waals surface area (Å²) in [4.78, 5) is 24.3. The van der Waals surface area contributed by atoms with Gasteiger partial charge >= 0.3 is 0 Å². The number of hydrogen-bond acceptors (Lipinski definition) is 3. The van der Waals surface area contributed by atoms with Crippen molar-refractivity contribution < 1.29 is 14.7 Å². The molecule has 3 N–H and O–H groups in total. The van der Waals surface area contributed by atoms with Gasteiger partial charge in [0.15, 0.2) is 0 Å². The number of carbonyl (C=O) groups is 2. The second kappa shape index (κ2) is 6.52. The van der Waals surface area contributed by atoms with Gasteiger partial charge in [-0.25, -0.2) is 0 Å². The summed E-state index contributed by atoms with van der Waals surface area (Å²) in [6, 6.07) is 13.0. The monoisotopic (exact) mass is 312 g/mol. The molecule has 0 fully saturated rings. The van der Waals surface area contributed by atoms with Crippen LogP contribution in [0.5, 0.6) is 5.75 Å². The lowest BCUT2D eigenvalue weighted by molar-refractivity contribution is -0.123. The molecule has 0 heterocycles. The molecule has 0 aromatic heterocycles. The second-order valence-electron chi connectivity index (χ2n) is 6.29. The Morgan fingerprint density at radius 1 is 0.913 bits per heavy atom. The van der Waals surface area contributed by atoms with Crippen LogP contribution in [-0.4, -0.2) is 16.9 Å². The van der Waals surface area contributed by atoms with Crippen LogP contribution in [0.15, 0.2) is 48.5 Å².